The summed E-state index contributed by atoms with van der Waals surface area (Å²) in [4.78, 5) is 13.5. The zero-order valence-electron chi connectivity index (χ0n) is 9.10. The van der Waals surface area contributed by atoms with Gasteiger partial charge in [-0.2, -0.15) is 5.26 Å². The van der Waals surface area contributed by atoms with Crippen LogP contribution in [0.3, 0.4) is 0 Å². The Kier molecular flexibility index (Phi) is 4.12. The molecule has 0 spiro atoms. The van der Waals surface area contributed by atoms with Gasteiger partial charge in [-0.05, 0) is 31.2 Å². The van der Waals surface area contributed by atoms with Gasteiger partial charge in [0.05, 0.1) is 18.2 Å². The molecular weight excluding hydrogens is 200 g/mol. The molecule has 1 aromatic rings. The van der Waals surface area contributed by atoms with Gasteiger partial charge in [0.1, 0.15) is 0 Å². The Bertz CT molecular complexity index is 448. The average Bonchev–Trinajstić information content (AvgIpc) is 2.35. The van der Waals surface area contributed by atoms with Crippen molar-refractivity contribution >= 4 is 5.91 Å². The summed E-state index contributed by atoms with van der Waals surface area (Å²) in [6.07, 6.45) is 5.18. The Morgan fingerprint density at radius 1 is 1.44 bits per heavy atom. The molecule has 0 bridgehead atoms. The third-order valence-corrected chi connectivity index (χ3v) is 2.21. The fourth-order valence-electron chi connectivity index (χ4n) is 1.31. The maximum atomic E-state index is 11.9. The molecule has 80 valence electrons. The van der Waals surface area contributed by atoms with Crippen molar-refractivity contribution in [1.82, 2.24) is 4.90 Å². The molecule has 3 heteroatoms. The molecule has 1 rings (SSSR count). The van der Waals surface area contributed by atoms with Crippen LogP contribution >= 0.6 is 0 Å². The van der Waals surface area contributed by atoms with Crippen molar-refractivity contribution < 1.29 is 4.79 Å². The van der Waals surface area contributed by atoms with E-state index < -0.39 is 0 Å². The highest BCUT2D eigenvalue weighted by atomic mass is 16.2. The summed E-state index contributed by atoms with van der Waals surface area (Å²) in [6.45, 7) is 2.75. The van der Waals surface area contributed by atoms with Gasteiger partial charge >= 0.3 is 0 Å². The first-order valence-electron chi connectivity index (χ1n) is 4.95. The van der Waals surface area contributed by atoms with Gasteiger partial charge in [0, 0.05) is 12.1 Å². The van der Waals surface area contributed by atoms with Gasteiger partial charge < -0.3 is 4.90 Å². The van der Waals surface area contributed by atoms with Crippen molar-refractivity contribution in [2.75, 3.05) is 13.1 Å². The van der Waals surface area contributed by atoms with Gasteiger partial charge in [-0.1, -0.05) is 5.92 Å². The molecule has 1 amide bonds. The Balaban J connectivity index is 2.88. The Hall–Kier alpha value is -2.26. The van der Waals surface area contributed by atoms with E-state index in [4.69, 9.17) is 11.7 Å². The number of rotatable bonds is 3. The minimum absolute atomic E-state index is 0.107. The van der Waals surface area contributed by atoms with Gasteiger partial charge in [-0.25, -0.2) is 0 Å². The second-order valence-electron chi connectivity index (χ2n) is 3.21. The van der Waals surface area contributed by atoms with E-state index in [1.165, 1.54) is 0 Å². The van der Waals surface area contributed by atoms with Crippen LogP contribution in [-0.2, 0) is 0 Å². The molecule has 0 unspecified atom stereocenters. The highest BCUT2D eigenvalue weighted by Gasteiger charge is 2.12. The van der Waals surface area contributed by atoms with Crippen molar-refractivity contribution in [1.29, 1.82) is 5.26 Å². The fraction of sp³-hybridized carbons (Fsp3) is 0.231. The number of nitriles is 1. The van der Waals surface area contributed by atoms with Crippen LogP contribution in [-0.4, -0.2) is 23.9 Å². The van der Waals surface area contributed by atoms with Crippen molar-refractivity contribution in [2.24, 2.45) is 0 Å². The predicted molar refractivity (Wildman–Crippen MR) is 61.6 cm³/mol. The molecule has 0 N–H and O–H groups in total. The van der Waals surface area contributed by atoms with Gasteiger partial charge in [0.15, 0.2) is 0 Å². The van der Waals surface area contributed by atoms with E-state index in [1.807, 2.05) is 13.0 Å². The number of hydrogen-bond acceptors (Lipinski definition) is 2. The number of terminal acetylenes is 1. The molecule has 0 fully saturated rings. The van der Waals surface area contributed by atoms with Crippen LogP contribution in [0, 0.1) is 23.7 Å². The number of carbonyl (C=O) groups is 1. The topological polar surface area (TPSA) is 44.1 Å². The maximum absolute atomic E-state index is 11.9. The van der Waals surface area contributed by atoms with Crippen LogP contribution in [0.2, 0.25) is 0 Å². The summed E-state index contributed by atoms with van der Waals surface area (Å²) in [7, 11) is 0. The van der Waals surface area contributed by atoms with Crippen LogP contribution in [0.15, 0.2) is 24.3 Å². The van der Waals surface area contributed by atoms with E-state index in [-0.39, 0.29) is 5.91 Å². The lowest BCUT2D eigenvalue weighted by Gasteiger charge is -2.17. The van der Waals surface area contributed by atoms with E-state index in [2.05, 4.69) is 5.92 Å². The zero-order chi connectivity index (χ0) is 12.0. The zero-order valence-corrected chi connectivity index (χ0v) is 9.10. The van der Waals surface area contributed by atoms with Crippen molar-refractivity contribution in [2.45, 2.75) is 6.92 Å². The molecule has 0 aromatic heterocycles. The first-order valence-corrected chi connectivity index (χ1v) is 4.95. The molecule has 0 heterocycles. The van der Waals surface area contributed by atoms with Crippen LogP contribution < -0.4 is 0 Å². The molecule has 16 heavy (non-hydrogen) atoms. The third kappa shape index (κ3) is 2.62. The van der Waals surface area contributed by atoms with E-state index in [0.29, 0.717) is 24.2 Å². The molecule has 1 aromatic carbocycles. The summed E-state index contributed by atoms with van der Waals surface area (Å²) in [5.74, 6) is 2.34. The Morgan fingerprint density at radius 3 is 2.50 bits per heavy atom. The largest absolute Gasteiger partial charge is 0.328 e. The van der Waals surface area contributed by atoms with E-state index in [1.54, 1.807) is 29.2 Å². The minimum atomic E-state index is -0.107. The summed E-state index contributed by atoms with van der Waals surface area (Å²) in [5.41, 5.74) is 1.09. The van der Waals surface area contributed by atoms with Gasteiger partial charge in [-0.15, -0.1) is 6.42 Å². The predicted octanol–water partition coefficient (Wildman–Crippen LogP) is 1.65. The van der Waals surface area contributed by atoms with Crippen molar-refractivity contribution in [3.8, 4) is 18.4 Å². The first-order chi connectivity index (χ1) is 7.72. The number of nitrogens with zero attached hydrogens (tertiary/aromatic N) is 2. The SMILES string of the molecule is C#CCN(CC)C(=O)c1ccc(C#N)cc1. The number of carbonyl (C=O) groups excluding carboxylic acids is 1. The van der Waals surface area contributed by atoms with Crippen molar-refractivity contribution in [3.63, 3.8) is 0 Å². The lowest BCUT2D eigenvalue weighted by molar-refractivity contribution is 0.0785. The second kappa shape index (κ2) is 5.58. The highest BCUT2D eigenvalue weighted by molar-refractivity contribution is 5.94. The number of hydrogen-bond donors (Lipinski definition) is 0. The van der Waals surface area contributed by atoms with E-state index in [9.17, 15) is 4.79 Å². The standard InChI is InChI=1S/C13H12N2O/c1-3-9-15(4-2)13(16)12-7-5-11(10-14)6-8-12/h1,5-8H,4,9H2,2H3. The van der Waals surface area contributed by atoms with Crippen LogP contribution in [0.25, 0.3) is 0 Å². The normalized spacial score (nSPS) is 8.94. The van der Waals surface area contributed by atoms with Gasteiger partial charge in [0.2, 0.25) is 0 Å². The minimum Gasteiger partial charge on any atom is -0.328 e. The fourth-order valence-corrected chi connectivity index (χ4v) is 1.31. The van der Waals surface area contributed by atoms with Crippen LogP contribution in [0.1, 0.15) is 22.8 Å². The summed E-state index contributed by atoms with van der Waals surface area (Å²) in [6, 6.07) is 8.53. The third-order valence-electron chi connectivity index (χ3n) is 2.21. The first kappa shape index (κ1) is 11.8. The van der Waals surface area contributed by atoms with Crippen molar-refractivity contribution in [3.05, 3.63) is 35.4 Å². The van der Waals surface area contributed by atoms with E-state index in [0.717, 1.165) is 0 Å². The lowest BCUT2D eigenvalue weighted by Crippen LogP contribution is -2.31. The highest BCUT2D eigenvalue weighted by Crippen LogP contribution is 2.06. The number of benzene rings is 1. The second-order valence-corrected chi connectivity index (χ2v) is 3.21. The smallest absolute Gasteiger partial charge is 0.254 e. The quantitative estimate of drug-likeness (QED) is 0.715. The molecule has 0 aliphatic carbocycles. The molecule has 0 aliphatic heterocycles. The Morgan fingerprint density at radius 2 is 2.06 bits per heavy atom. The Labute approximate surface area is 95.3 Å². The molecular formula is C13H12N2O. The van der Waals surface area contributed by atoms with Crippen LogP contribution in [0.5, 0.6) is 0 Å². The molecule has 0 atom stereocenters. The monoisotopic (exact) mass is 212 g/mol. The molecule has 3 nitrogen and oxygen atoms in total. The van der Waals surface area contributed by atoms with E-state index >= 15 is 0 Å². The summed E-state index contributed by atoms with van der Waals surface area (Å²) in [5, 5.41) is 8.63. The van der Waals surface area contributed by atoms with Crippen LogP contribution in [0.4, 0.5) is 0 Å². The maximum Gasteiger partial charge on any atom is 0.254 e. The summed E-state index contributed by atoms with van der Waals surface area (Å²) < 4.78 is 0. The van der Waals surface area contributed by atoms with Gasteiger partial charge in [-0.3, -0.25) is 4.79 Å². The summed E-state index contributed by atoms with van der Waals surface area (Å²) >= 11 is 0. The molecule has 0 radical (unpaired) electrons. The average molecular weight is 212 g/mol. The molecule has 0 aliphatic rings. The molecule has 0 saturated carbocycles. The van der Waals surface area contributed by atoms with Gasteiger partial charge in [0.25, 0.3) is 5.91 Å². The number of amides is 1. The lowest BCUT2D eigenvalue weighted by atomic mass is 10.1. The molecule has 0 saturated heterocycles.